The van der Waals surface area contributed by atoms with Crippen LogP contribution >= 0.6 is 0 Å². The molecule has 0 saturated heterocycles. The lowest BCUT2D eigenvalue weighted by Gasteiger charge is -2.26. The van der Waals surface area contributed by atoms with Gasteiger partial charge in [-0.05, 0) is 18.6 Å². The molecule has 0 spiro atoms. The van der Waals surface area contributed by atoms with Gasteiger partial charge in [-0.15, -0.1) is 10.2 Å². The molecule has 1 atom stereocenters. The summed E-state index contributed by atoms with van der Waals surface area (Å²) in [6.45, 7) is 5.19. The van der Waals surface area contributed by atoms with Gasteiger partial charge in [-0.1, -0.05) is 26.0 Å². The highest BCUT2D eigenvalue weighted by Crippen LogP contribution is 2.22. The van der Waals surface area contributed by atoms with Crippen LogP contribution in [0.25, 0.3) is 11.0 Å². The monoisotopic (exact) mass is 308 g/mol. The zero-order chi connectivity index (χ0) is 15.8. The molecule has 3 aromatic rings. The van der Waals surface area contributed by atoms with E-state index >= 15 is 0 Å². The SMILES string of the molecule is CC(C)c1nnc2n1C[C@H](Nc1cnc3ccccc3n1)CC2. The van der Waals surface area contributed by atoms with Crippen LogP contribution in [0.1, 0.15) is 37.8 Å². The van der Waals surface area contributed by atoms with Gasteiger partial charge in [-0.25, -0.2) is 4.98 Å². The maximum atomic E-state index is 4.66. The number of rotatable bonds is 3. The van der Waals surface area contributed by atoms with Crippen molar-refractivity contribution >= 4 is 16.9 Å². The van der Waals surface area contributed by atoms with Crippen molar-refractivity contribution < 1.29 is 0 Å². The minimum absolute atomic E-state index is 0.325. The van der Waals surface area contributed by atoms with E-state index in [1.54, 1.807) is 0 Å². The number of benzene rings is 1. The van der Waals surface area contributed by atoms with E-state index in [-0.39, 0.29) is 0 Å². The van der Waals surface area contributed by atoms with Gasteiger partial charge in [0, 0.05) is 24.9 Å². The lowest BCUT2D eigenvalue weighted by molar-refractivity contribution is 0.458. The molecular formula is C17H20N6. The average molecular weight is 308 g/mol. The number of hydrogen-bond donors (Lipinski definition) is 1. The molecule has 1 aliphatic heterocycles. The maximum absolute atomic E-state index is 4.66. The molecule has 0 fully saturated rings. The Kier molecular flexibility index (Phi) is 3.44. The van der Waals surface area contributed by atoms with E-state index in [1.165, 1.54) is 0 Å². The lowest BCUT2D eigenvalue weighted by Crippen LogP contribution is -2.32. The van der Waals surface area contributed by atoms with E-state index in [4.69, 9.17) is 0 Å². The molecule has 1 aromatic carbocycles. The Labute approximate surface area is 135 Å². The number of anilines is 1. The third-order valence-electron chi connectivity index (χ3n) is 4.29. The average Bonchev–Trinajstić information content (AvgIpc) is 2.98. The van der Waals surface area contributed by atoms with Gasteiger partial charge in [0.15, 0.2) is 0 Å². The Balaban J connectivity index is 1.56. The number of fused-ring (bicyclic) bond motifs is 2. The molecule has 0 saturated carbocycles. The van der Waals surface area contributed by atoms with Crippen molar-refractivity contribution in [1.29, 1.82) is 0 Å². The Morgan fingerprint density at radius 1 is 1.17 bits per heavy atom. The molecular weight excluding hydrogens is 288 g/mol. The molecule has 0 radical (unpaired) electrons. The summed E-state index contributed by atoms with van der Waals surface area (Å²) >= 11 is 0. The van der Waals surface area contributed by atoms with Crippen LogP contribution < -0.4 is 5.32 Å². The Hall–Kier alpha value is -2.50. The highest BCUT2D eigenvalue weighted by Gasteiger charge is 2.24. The van der Waals surface area contributed by atoms with Crippen LogP contribution in [0, 0.1) is 0 Å². The van der Waals surface area contributed by atoms with Crippen LogP contribution in [0.5, 0.6) is 0 Å². The van der Waals surface area contributed by atoms with E-state index < -0.39 is 0 Å². The zero-order valence-corrected chi connectivity index (χ0v) is 13.4. The van der Waals surface area contributed by atoms with Crippen molar-refractivity contribution in [2.45, 2.75) is 45.2 Å². The van der Waals surface area contributed by atoms with E-state index in [2.05, 4.69) is 43.9 Å². The van der Waals surface area contributed by atoms with Crippen LogP contribution in [0.2, 0.25) is 0 Å². The molecule has 23 heavy (non-hydrogen) atoms. The first-order chi connectivity index (χ1) is 11.2. The molecule has 0 amide bonds. The number of nitrogens with one attached hydrogen (secondary N) is 1. The molecule has 6 heteroatoms. The number of hydrogen-bond acceptors (Lipinski definition) is 5. The highest BCUT2D eigenvalue weighted by molar-refractivity contribution is 5.75. The first-order valence-electron chi connectivity index (χ1n) is 8.11. The molecule has 0 bridgehead atoms. The van der Waals surface area contributed by atoms with E-state index in [0.717, 1.165) is 47.9 Å². The quantitative estimate of drug-likeness (QED) is 0.806. The largest absolute Gasteiger partial charge is 0.364 e. The maximum Gasteiger partial charge on any atom is 0.145 e. The zero-order valence-electron chi connectivity index (χ0n) is 13.4. The summed E-state index contributed by atoms with van der Waals surface area (Å²) in [6.07, 6.45) is 3.79. The van der Waals surface area contributed by atoms with Gasteiger partial charge in [0.2, 0.25) is 0 Å². The van der Waals surface area contributed by atoms with Gasteiger partial charge >= 0.3 is 0 Å². The van der Waals surface area contributed by atoms with Crippen molar-refractivity contribution in [3.63, 3.8) is 0 Å². The van der Waals surface area contributed by atoms with E-state index in [1.807, 2.05) is 30.5 Å². The first-order valence-corrected chi connectivity index (χ1v) is 8.11. The van der Waals surface area contributed by atoms with Gasteiger partial charge in [0.05, 0.1) is 17.2 Å². The summed E-state index contributed by atoms with van der Waals surface area (Å²) in [5, 5.41) is 12.2. The highest BCUT2D eigenvalue weighted by atomic mass is 15.3. The third kappa shape index (κ3) is 2.65. The fourth-order valence-corrected chi connectivity index (χ4v) is 3.13. The van der Waals surface area contributed by atoms with Crippen LogP contribution in [0.4, 0.5) is 5.82 Å². The first kappa shape index (κ1) is 14.1. The summed E-state index contributed by atoms with van der Waals surface area (Å²) in [4.78, 5) is 9.13. The summed E-state index contributed by atoms with van der Waals surface area (Å²) < 4.78 is 2.25. The number of aryl methyl sites for hydroxylation is 1. The molecule has 6 nitrogen and oxygen atoms in total. The van der Waals surface area contributed by atoms with Gasteiger partial charge in [-0.3, -0.25) is 4.98 Å². The molecule has 1 N–H and O–H groups in total. The summed E-state index contributed by atoms with van der Waals surface area (Å²) in [6, 6.07) is 8.26. The topological polar surface area (TPSA) is 68.5 Å². The van der Waals surface area contributed by atoms with Gasteiger partial charge in [-0.2, -0.15) is 0 Å². The molecule has 118 valence electrons. The fourth-order valence-electron chi connectivity index (χ4n) is 3.13. The minimum atomic E-state index is 0.325. The molecule has 0 aliphatic carbocycles. The number of para-hydroxylation sites is 2. The van der Waals surface area contributed by atoms with Crippen LogP contribution in [-0.4, -0.2) is 30.8 Å². The Morgan fingerprint density at radius 2 is 2.00 bits per heavy atom. The van der Waals surface area contributed by atoms with Crippen molar-refractivity contribution in [1.82, 2.24) is 24.7 Å². The van der Waals surface area contributed by atoms with E-state index in [9.17, 15) is 0 Å². The number of aromatic nitrogens is 5. The Bertz CT molecular complexity index is 838. The standard InChI is InChI=1S/C17H20N6/c1-11(2)17-22-21-16-8-7-12(10-23(16)17)19-15-9-18-13-5-3-4-6-14(13)20-15/h3-6,9,11-12H,7-8,10H2,1-2H3,(H,19,20)/t12-/m1/s1. The third-order valence-corrected chi connectivity index (χ3v) is 4.29. The van der Waals surface area contributed by atoms with Crippen molar-refractivity contribution in [2.75, 3.05) is 5.32 Å². The predicted molar refractivity (Wildman–Crippen MR) is 89.4 cm³/mol. The molecule has 0 unspecified atom stereocenters. The normalized spacial score (nSPS) is 17.4. The van der Waals surface area contributed by atoms with Crippen LogP contribution in [-0.2, 0) is 13.0 Å². The Morgan fingerprint density at radius 3 is 2.83 bits per heavy atom. The molecule has 3 heterocycles. The number of nitrogens with zero attached hydrogens (tertiary/aromatic N) is 5. The summed E-state index contributed by atoms with van der Waals surface area (Å²) in [5.41, 5.74) is 1.84. The summed E-state index contributed by atoms with van der Waals surface area (Å²) in [5.74, 6) is 3.37. The second-order valence-electron chi connectivity index (χ2n) is 6.36. The van der Waals surface area contributed by atoms with Crippen molar-refractivity contribution in [3.8, 4) is 0 Å². The smallest absolute Gasteiger partial charge is 0.145 e. The second-order valence-corrected chi connectivity index (χ2v) is 6.36. The molecule has 1 aliphatic rings. The minimum Gasteiger partial charge on any atom is -0.364 e. The van der Waals surface area contributed by atoms with Gasteiger partial charge in [0.25, 0.3) is 0 Å². The van der Waals surface area contributed by atoms with Crippen molar-refractivity contribution in [2.24, 2.45) is 0 Å². The second kappa shape index (κ2) is 5.61. The molecule has 4 rings (SSSR count). The molecule has 2 aromatic heterocycles. The van der Waals surface area contributed by atoms with Gasteiger partial charge in [0.1, 0.15) is 17.5 Å². The lowest BCUT2D eigenvalue weighted by atomic mass is 10.1. The summed E-state index contributed by atoms with van der Waals surface area (Å²) in [7, 11) is 0. The fraction of sp³-hybridized carbons (Fsp3) is 0.412. The predicted octanol–water partition coefficient (Wildman–Crippen LogP) is 2.77. The van der Waals surface area contributed by atoms with E-state index in [0.29, 0.717) is 12.0 Å². The van der Waals surface area contributed by atoms with Crippen LogP contribution in [0.15, 0.2) is 30.5 Å². The van der Waals surface area contributed by atoms with Gasteiger partial charge < -0.3 is 9.88 Å². The van der Waals surface area contributed by atoms with Crippen molar-refractivity contribution in [3.05, 3.63) is 42.1 Å². The van der Waals surface area contributed by atoms with Crippen LogP contribution in [0.3, 0.4) is 0 Å².